The van der Waals surface area contributed by atoms with Gasteiger partial charge in [0.05, 0.1) is 10.9 Å². The van der Waals surface area contributed by atoms with E-state index >= 15 is 0 Å². The van der Waals surface area contributed by atoms with Gasteiger partial charge in [0, 0.05) is 11.6 Å². The Balaban J connectivity index is 1.77. The Kier molecular flexibility index (Phi) is 3.97. The lowest BCUT2D eigenvalue weighted by Crippen LogP contribution is -2.07. The average Bonchev–Trinajstić information content (AvgIpc) is 2.48. The van der Waals surface area contributed by atoms with Gasteiger partial charge in [-0.15, -0.1) is 0 Å². The van der Waals surface area contributed by atoms with E-state index in [0.29, 0.717) is 28.3 Å². The molecule has 0 fully saturated rings. The van der Waals surface area contributed by atoms with Gasteiger partial charge >= 0.3 is 0 Å². The highest BCUT2D eigenvalue weighted by Gasteiger charge is 2.08. The summed E-state index contributed by atoms with van der Waals surface area (Å²) in [5.74, 6) is 0.193. The van der Waals surface area contributed by atoms with Gasteiger partial charge in [0.2, 0.25) is 0 Å². The molecule has 2 aromatic carbocycles. The minimum Gasteiger partial charge on any atom is -0.369 e. The van der Waals surface area contributed by atoms with Crippen LogP contribution in [0.5, 0.6) is 0 Å². The fourth-order valence-electron chi connectivity index (χ4n) is 2.22. The van der Waals surface area contributed by atoms with Crippen molar-refractivity contribution in [3.63, 3.8) is 0 Å². The molecule has 1 aromatic heterocycles. The summed E-state index contributed by atoms with van der Waals surface area (Å²) in [6, 6.07) is 12.5. The van der Waals surface area contributed by atoms with Crippen LogP contribution < -0.4 is 5.32 Å². The van der Waals surface area contributed by atoms with Crippen molar-refractivity contribution in [3.8, 4) is 0 Å². The third-order valence-corrected chi connectivity index (χ3v) is 3.44. The molecule has 106 valence electrons. The molecule has 0 saturated heterocycles. The van der Waals surface area contributed by atoms with Crippen molar-refractivity contribution in [1.29, 1.82) is 0 Å². The lowest BCUT2D eigenvalue weighted by Gasteiger charge is -2.09. The Morgan fingerprint density at radius 2 is 1.95 bits per heavy atom. The highest BCUT2D eigenvalue weighted by Crippen LogP contribution is 2.22. The average molecular weight is 302 g/mol. The molecule has 0 saturated carbocycles. The molecule has 0 atom stereocenters. The van der Waals surface area contributed by atoms with E-state index in [9.17, 15) is 4.39 Å². The van der Waals surface area contributed by atoms with Gasteiger partial charge in [-0.25, -0.2) is 14.4 Å². The molecule has 1 N–H and O–H groups in total. The van der Waals surface area contributed by atoms with E-state index in [-0.39, 0.29) is 5.82 Å². The molecule has 0 spiro atoms. The van der Waals surface area contributed by atoms with Crippen LogP contribution in [0.2, 0.25) is 5.02 Å². The summed E-state index contributed by atoms with van der Waals surface area (Å²) < 4.78 is 13.9. The van der Waals surface area contributed by atoms with E-state index in [1.54, 1.807) is 12.1 Å². The Hall–Kier alpha value is -2.20. The monoisotopic (exact) mass is 301 g/mol. The molecule has 0 aliphatic carbocycles. The van der Waals surface area contributed by atoms with Crippen molar-refractivity contribution in [2.75, 3.05) is 11.9 Å². The van der Waals surface area contributed by atoms with E-state index in [4.69, 9.17) is 11.6 Å². The Morgan fingerprint density at radius 1 is 1.10 bits per heavy atom. The Labute approximate surface area is 126 Å². The van der Waals surface area contributed by atoms with E-state index in [2.05, 4.69) is 15.3 Å². The van der Waals surface area contributed by atoms with Crippen LogP contribution in [0.25, 0.3) is 10.9 Å². The van der Waals surface area contributed by atoms with Crippen LogP contribution in [-0.2, 0) is 6.42 Å². The summed E-state index contributed by atoms with van der Waals surface area (Å²) in [4.78, 5) is 8.20. The molecule has 1 heterocycles. The number of hydrogen-bond donors (Lipinski definition) is 1. The smallest absolute Gasteiger partial charge is 0.140 e. The summed E-state index contributed by atoms with van der Waals surface area (Å²) in [7, 11) is 0. The fraction of sp³-hybridized carbons (Fsp3) is 0.125. The zero-order chi connectivity index (χ0) is 14.7. The van der Waals surface area contributed by atoms with Crippen molar-refractivity contribution >= 4 is 28.3 Å². The number of aromatic nitrogens is 2. The summed E-state index contributed by atoms with van der Waals surface area (Å²) in [5, 5.41) is 4.30. The fourth-order valence-corrected chi connectivity index (χ4v) is 2.43. The molecule has 3 nitrogen and oxygen atoms in total. The van der Waals surface area contributed by atoms with E-state index in [1.165, 1.54) is 12.4 Å². The second-order valence-corrected chi connectivity index (χ2v) is 5.10. The first kappa shape index (κ1) is 13.8. The number of benzene rings is 2. The van der Waals surface area contributed by atoms with Crippen LogP contribution in [0.15, 0.2) is 48.8 Å². The van der Waals surface area contributed by atoms with Gasteiger partial charge in [0.15, 0.2) is 0 Å². The van der Waals surface area contributed by atoms with Crippen molar-refractivity contribution in [2.45, 2.75) is 6.42 Å². The van der Waals surface area contributed by atoms with Crippen molar-refractivity contribution < 1.29 is 4.39 Å². The first-order valence-electron chi connectivity index (χ1n) is 6.61. The highest BCUT2D eigenvalue weighted by molar-refractivity contribution is 6.30. The van der Waals surface area contributed by atoms with Gasteiger partial charge in [-0.3, -0.25) is 0 Å². The van der Waals surface area contributed by atoms with Gasteiger partial charge in [-0.05, 0) is 36.2 Å². The quantitative estimate of drug-likeness (QED) is 0.789. The summed E-state index contributed by atoms with van der Waals surface area (Å²) in [6.07, 6.45) is 2.21. The molecule has 0 aliphatic heterocycles. The largest absolute Gasteiger partial charge is 0.369 e. The van der Waals surface area contributed by atoms with Crippen LogP contribution in [0, 0.1) is 5.82 Å². The maximum Gasteiger partial charge on any atom is 0.140 e. The van der Waals surface area contributed by atoms with Crippen LogP contribution in [0.1, 0.15) is 5.56 Å². The Bertz CT molecular complexity index is 771. The first-order valence-corrected chi connectivity index (χ1v) is 6.99. The van der Waals surface area contributed by atoms with Gasteiger partial charge in [0.1, 0.15) is 18.0 Å². The zero-order valence-electron chi connectivity index (χ0n) is 11.2. The topological polar surface area (TPSA) is 37.8 Å². The van der Waals surface area contributed by atoms with Crippen LogP contribution in [-0.4, -0.2) is 16.5 Å². The molecule has 0 unspecified atom stereocenters. The van der Waals surface area contributed by atoms with Crippen LogP contribution in [0.4, 0.5) is 10.2 Å². The number of rotatable bonds is 4. The second-order valence-electron chi connectivity index (χ2n) is 4.66. The summed E-state index contributed by atoms with van der Waals surface area (Å²) >= 11 is 5.95. The third-order valence-electron chi connectivity index (χ3n) is 3.21. The number of nitrogens with zero attached hydrogens (tertiary/aromatic N) is 2. The molecule has 0 aliphatic rings. The summed E-state index contributed by atoms with van der Waals surface area (Å²) in [6.45, 7) is 0.640. The molecule has 3 rings (SSSR count). The van der Waals surface area contributed by atoms with Gasteiger partial charge in [0.25, 0.3) is 0 Å². The predicted molar refractivity (Wildman–Crippen MR) is 83.1 cm³/mol. The van der Waals surface area contributed by atoms with Gasteiger partial charge in [-0.2, -0.15) is 0 Å². The maximum atomic E-state index is 13.9. The minimum absolute atomic E-state index is 0.321. The molecule has 0 radical (unpaired) electrons. The molecule has 0 bridgehead atoms. The lowest BCUT2D eigenvalue weighted by molar-refractivity contribution is 0.639. The third kappa shape index (κ3) is 3.11. The van der Waals surface area contributed by atoms with Crippen molar-refractivity contribution in [2.24, 2.45) is 0 Å². The predicted octanol–water partition coefficient (Wildman–Crippen LogP) is 4.08. The standard InChI is InChI=1S/C16H13ClFN3/c17-12-4-1-3-11(9-12)7-8-19-16-15-13(18)5-2-6-14(15)20-10-21-16/h1-6,9-10H,7-8H2,(H,19,20,21). The Morgan fingerprint density at radius 3 is 2.81 bits per heavy atom. The number of fused-ring (bicyclic) bond motifs is 1. The van der Waals surface area contributed by atoms with E-state index < -0.39 is 0 Å². The zero-order valence-corrected chi connectivity index (χ0v) is 11.9. The van der Waals surface area contributed by atoms with Crippen molar-refractivity contribution in [1.82, 2.24) is 9.97 Å². The van der Waals surface area contributed by atoms with Crippen LogP contribution >= 0.6 is 11.6 Å². The molecule has 21 heavy (non-hydrogen) atoms. The molecular weight excluding hydrogens is 289 g/mol. The SMILES string of the molecule is Fc1cccc2ncnc(NCCc3cccc(Cl)c3)c12. The number of hydrogen-bond acceptors (Lipinski definition) is 3. The number of halogens is 2. The summed E-state index contributed by atoms with van der Waals surface area (Å²) in [5.41, 5.74) is 1.71. The van der Waals surface area contributed by atoms with E-state index in [1.807, 2.05) is 24.3 Å². The molecular formula is C16H13ClFN3. The number of anilines is 1. The second kappa shape index (κ2) is 6.06. The molecule has 3 aromatic rings. The van der Waals surface area contributed by atoms with Crippen LogP contribution in [0.3, 0.4) is 0 Å². The normalized spacial score (nSPS) is 10.8. The highest BCUT2D eigenvalue weighted by atomic mass is 35.5. The minimum atomic E-state index is -0.321. The first-order chi connectivity index (χ1) is 10.2. The molecule has 5 heteroatoms. The van der Waals surface area contributed by atoms with Gasteiger partial charge < -0.3 is 5.32 Å². The van der Waals surface area contributed by atoms with Gasteiger partial charge in [-0.1, -0.05) is 29.8 Å². The molecule has 0 amide bonds. The van der Waals surface area contributed by atoms with Crippen molar-refractivity contribution in [3.05, 3.63) is 65.2 Å². The van der Waals surface area contributed by atoms with E-state index in [0.717, 1.165) is 12.0 Å². The maximum absolute atomic E-state index is 13.9. The number of nitrogens with one attached hydrogen (secondary N) is 1. The lowest BCUT2D eigenvalue weighted by atomic mass is 10.1.